The van der Waals surface area contributed by atoms with Crippen LogP contribution in [0.15, 0.2) is 36.4 Å². The maximum absolute atomic E-state index is 9.28. The van der Waals surface area contributed by atoms with Crippen LogP contribution in [0, 0.1) is 20.8 Å². The topological polar surface area (TPSA) is 40.5 Å². The quantitative estimate of drug-likeness (QED) is 0.788. The van der Waals surface area contributed by atoms with Crippen molar-refractivity contribution in [3.05, 3.63) is 53.1 Å². The van der Waals surface area contributed by atoms with Crippen LogP contribution in [-0.4, -0.2) is 17.2 Å². The Morgan fingerprint density at radius 1 is 0.833 bits per heavy atom. The molecular formula is C15H17BO2. The molecule has 0 saturated heterocycles. The van der Waals surface area contributed by atoms with Gasteiger partial charge in [-0.25, -0.2) is 0 Å². The van der Waals surface area contributed by atoms with Gasteiger partial charge in [-0.05, 0) is 54.1 Å². The largest absolute Gasteiger partial charge is 0.488 e. The SMILES string of the molecule is Cc1ccc(B(O)O)cc1-c1c(C)cccc1C. The molecule has 2 aromatic rings. The van der Waals surface area contributed by atoms with Gasteiger partial charge in [0.1, 0.15) is 0 Å². The molecule has 0 spiro atoms. The summed E-state index contributed by atoms with van der Waals surface area (Å²) in [6, 6.07) is 11.7. The molecule has 0 aliphatic heterocycles. The van der Waals surface area contributed by atoms with Gasteiger partial charge >= 0.3 is 7.12 Å². The van der Waals surface area contributed by atoms with Crippen molar-refractivity contribution in [2.24, 2.45) is 0 Å². The Kier molecular flexibility index (Phi) is 3.55. The van der Waals surface area contributed by atoms with Crippen molar-refractivity contribution < 1.29 is 10.0 Å². The van der Waals surface area contributed by atoms with E-state index in [1.165, 1.54) is 16.7 Å². The molecule has 92 valence electrons. The van der Waals surface area contributed by atoms with Crippen molar-refractivity contribution >= 4 is 12.6 Å². The summed E-state index contributed by atoms with van der Waals surface area (Å²) in [7, 11) is -1.42. The Hall–Kier alpha value is -1.58. The third-order valence-corrected chi connectivity index (χ3v) is 3.31. The summed E-state index contributed by atoms with van der Waals surface area (Å²) in [5, 5.41) is 18.6. The fourth-order valence-corrected chi connectivity index (χ4v) is 2.31. The monoisotopic (exact) mass is 240 g/mol. The van der Waals surface area contributed by atoms with Crippen molar-refractivity contribution in [1.29, 1.82) is 0 Å². The molecular weight excluding hydrogens is 223 g/mol. The highest BCUT2D eigenvalue weighted by Gasteiger charge is 2.14. The number of hydrogen-bond donors (Lipinski definition) is 2. The van der Waals surface area contributed by atoms with E-state index in [1.54, 1.807) is 6.07 Å². The molecule has 3 heteroatoms. The van der Waals surface area contributed by atoms with Gasteiger partial charge in [0, 0.05) is 0 Å². The van der Waals surface area contributed by atoms with Crippen LogP contribution in [0.1, 0.15) is 16.7 Å². The summed E-state index contributed by atoms with van der Waals surface area (Å²) < 4.78 is 0. The molecule has 0 bridgehead atoms. The zero-order valence-corrected chi connectivity index (χ0v) is 10.9. The van der Waals surface area contributed by atoms with Crippen molar-refractivity contribution in [2.45, 2.75) is 20.8 Å². The molecule has 18 heavy (non-hydrogen) atoms. The second kappa shape index (κ2) is 4.97. The van der Waals surface area contributed by atoms with E-state index in [2.05, 4.69) is 26.0 Å². The van der Waals surface area contributed by atoms with Crippen LogP contribution >= 0.6 is 0 Å². The van der Waals surface area contributed by atoms with E-state index in [0.717, 1.165) is 11.1 Å². The van der Waals surface area contributed by atoms with E-state index in [-0.39, 0.29) is 0 Å². The van der Waals surface area contributed by atoms with E-state index >= 15 is 0 Å². The average Bonchev–Trinajstić information content (AvgIpc) is 2.30. The Morgan fingerprint density at radius 3 is 2.00 bits per heavy atom. The average molecular weight is 240 g/mol. The standard InChI is InChI=1S/C15H17BO2/c1-10-7-8-13(16(17)18)9-14(10)15-11(2)5-4-6-12(15)3/h4-9,17-18H,1-3H3. The summed E-state index contributed by atoms with van der Waals surface area (Å²) in [6.07, 6.45) is 0. The van der Waals surface area contributed by atoms with Crippen LogP contribution in [0.5, 0.6) is 0 Å². The highest BCUT2D eigenvalue weighted by Crippen LogP contribution is 2.29. The Bertz CT molecular complexity index is 556. The molecule has 2 N–H and O–H groups in total. The second-order valence-corrected chi connectivity index (χ2v) is 4.71. The van der Waals surface area contributed by atoms with Gasteiger partial charge in [-0.3, -0.25) is 0 Å². The van der Waals surface area contributed by atoms with E-state index in [0.29, 0.717) is 5.46 Å². The number of aryl methyl sites for hydroxylation is 3. The molecule has 2 nitrogen and oxygen atoms in total. The summed E-state index contributed by atoms with van der Waals surface area (Å²) >= 11 is 0. The van der Waals surface area contributed by atoms with Gasteiger partial charge in [-0.1, -0.05) is 36.4 Å². The van der Waals surface area contributed by atoms with Crippen molar-refractivity contribution in [3.8, 4) is 11.1 Å². The minimum absolute atomic E-state index is 0.526. The normalized spacial score (nSPS) is 10.5. The molecule has 0 atom stereocenters. The number of hydrogen-bond acceptors (Lipinski definition) is 2. The maximum atomic E-state index is 9.28. The van der Waals surface area contributed by atoms with Crippen molar-refractivity contribution in [2.75, 3.05) is 0 Å². The minimum atomic E-state index is -1.42. The Balaban J connectivity index is 2.67. The summed E-state index contributed by atoms with van der Waals surface area (Å²) in [5.41, 5.74) is 6.30. The second-order valence-electron chi connectivity index (χ2n) is 4.71. The molecule has 0 aliphatic carbocycles. The summed E-state index contributed by atoms with van der Waals surface area (Å²) in [6.45, 7) is 6.18. The molecule has 0 unspecified atom stereocenters. The molecule has 0 aliphatic rings. The molecule has 0 radical (unpaired) electrons. The zero-order valence-electron chi connectivity index (χ0n) is 10.9. The third-order valence-electron chi connectivity index (χ3n) is 3.31. The lowest BCUT2D eigenvalue weighted by atomic mass is 9.77. The number of rotatable bonds is 2. The molecule has 0 amide bonds. The third kappa shape index (κ3) is 2.33. The van der Waals surface area contributed by atoms with Crippen LogP contribution in [-0.2, 0) is 0 Å². The predicted octanol–water partition coefficient (Wildman–Crippen LogP) is 1.96. The van der Waals surface area contributed by atoms with E-state index in [9.17, 15) is 10.0 Å². The fourth-order valence-electron chi connectivity index (χ4n) is 2.31. The molecule has 0 saturated carbocycles. The first kappa shape index (κ1) is 12.9. The summed E-state index contributed by atoms with van der Waals surface area (Å²) in [5.74, 6) is 0. The van der Waals surface area contributed by atoms with Gasteiger partial charge in [0.2, 0.25) is 0 Å². The first-order valence-electron chi connectivity index (χ1n) is 6.04. The highest BCUT2D eigenvalue weighted by atomic mass is 16.4. The van der Waals surface area contributed by atoms with Gasteiger partial charge in [0.25, 0.3) is 0 Å². The van der Waals surface area contributed by atoms with Gasteiger partial charge in [0.15, 0.2) is 0 Å². The van der Waals surface area contributed by atoms with Crippen LogP contribution in [0.2, 0.25) is 0 Å². The van der Waals surface area contributed by atoms with Crippen LogP contribution in [0.25, 0.3) is 11.1 Å². The first-order chi connectivity index (χ1) is 8.50. The first-order valence-corrected chi connectivity index (χ1v) is 6.04. The Morgan fingerprint density at radius 2 is 1.44 bits per heavy atom. The van der Waals surface area contributed by atoms with Crippen LogP contribution in [0.4, 0.5) is 0 Å². The smallest absolute Gasteiger partial charge is 0.423 e. The van der Waals surface area contributed by atoms with Gasteiger partial charge in [0.05, 0.1) is 0 Å². The Labute approximate surface area is 108 Å². The fraction of sp³-hybridized carbons (Fsp3) is 0.200. The van der Waals surface area contributed by atoms with Gasteiger partial charge < -0.3 is 10.0 Å². The van der Waals surface area contributed by atoms with Crippen molar-refractivity contribution in [3.63, 3.8) is 0 Å². The summed E-state index contributed by atoms with van der Waals surface area (Å²) in [4.78, 5) is 0. The van der Waals surface area contributed by atoms with E-state index in [1.807, 2.05) is 25.1 Å². The predicted molar refractivity (Wildman–Crippen MR) is 75.9 cm³/mol. The lowest BCUT2D eigenvalue weighted by Crippen LogP contribution is -2.29. The zero-order chi connectivity index (χ0) is 13.3. The molecule has 2 aromatic carbocycles. The highest BCUT2D eigenvalue weighted by molar-refractivity contribution is 6.58. The lowest BCUT2D eigenvalue weighted by Gasteiger charge is -2.14. The molecule has 0 fully saturated rings. The maximum Gasteiger partial charge on any atom is 0.488 e. The lowest BCUT2D eigenvalue weighted by molar-refractivity contribution is 0.426. The molecule has 0 heterocycles. The molecule has 2 rings (SSSR count). The van der Waals surface area contributed by atoms with E-state index in [4.69, 9.17) is 0 Å². The van der Waals surface area contributed by atoms with Gasteiger partial charge in [-0.15, -0.1) is 0 Å². The minimum Gasteiger partial charge on any atom is -0.423 e. The number of benzene rings is 2. The van der Waals surface area contributed by atoms with Crippen molar-refractivity contribution in [1.82, 2.24) is 0 Å². The van der Waals surface area contributed by atoms with E-state index < -0.39 is 7.12 Å². The molecule has 0 aromatic heterocycles. The van der Waals surface area contributed by atoms with Crippen LogP contribution < -0.4 is 5.46 Å². The van der Waals surface area contributed by atoms with Crippen LogP contribution in [0.3, 0.4) is 0 Å². The van der Waals surface area contributed by atoms with Gasteiger partial charge in [-0.2, -0.15) is 0 Å².